The van der Waals surface area contributed by atoms with Gasteiger partial charge in [0.05, 0.1) is 9.95 Å². The number of nitrogens with zero attached hydrogens (tertiary/aromatic N) is 2. The number of hydrogen-bond acceptors (Lipinski definition) is 4. The van der Waals surface area contributed by atoms with E-state index in [0.717, 1.165) is 12.8 Å². The monoisotopic (exact) mass is 227 g/mol. The first kappa shape index (κ1) is 10.2. The molecule has 1 aromatic rings. The summed E-state index contributed by atoms with van der Waals surface area (Å²) in [6, 6.07) is 1.31. The van der Waals surface area contributed by atoms with Crippen molar-refractivity contribution < 1.29 is 4.92 Å². The summed E-state index contributed by atoms with van der Waals surface area (Å²) in [7, 11) is 0. The van der Waals surface area contributed by atoms with Gasteiger partial charge in [-0.1, -0.05) is 11.6 Å². The van der Waals surface area contributed by atoms with Crippen LogP contribution in [-0.4, -0.2) is 15.4 Å². The molecule has 0 spiro atoms. The van der Waals surface area contributed by atoms with Gasteiger partial charge in [0.1, 0.15) is 0 Å². The van der Waals surface area contributed by atoms with Crippen molar-refractivity contribution in [2.45, 2.75) is 25.3 Å². The SMILES string of the molecule is CC1(Nc2ncc(Cl)cc2[N+](=O)[O-])CC1. The minimum atomic E-state index is -0.479. The molecule has 5 nitrogen and oxygen atoms in total. The van der Waals surface area contributed by atoms with E-state index in [0.29, 0.717) is 5.82 Å². The molecule has 1 aromatic heterocycles. The second-order valence-corrected chi connectivity index (χ2v) is 4.40. The molecule has 1 N–H and O–H groups in total. The molecule has 0 aliphatic heterocycles. The molecule has 0 saturated heterocycles. The summed E-state index contributed by atoms with van der Waals surface area (Å²) in [6.07, 6.45) is 3.42. The summed E-state index contributed by atoms with van der Waals surface area (Å²) in [5.74, 6) is 0.296. The lowest BCUT2D eigenvalue weighted by molar-refractivity contribution is -0.384. The molecule has 1 heterocycles. The Hall–Kier alpha value is -1.36. The maximum Gasteiger partial charge on any atom is 0.312 e. The Bertz CT molecular complexity index is 418. The average molecular weight is 228 g/mol. The lowest BCUT2D eigenvalue weighted by atomic mass is 10.3. The quantitative estimate of drug-likeness (QED) is 0.637. The Kier molecular flexibility index (Phi) is 2.26. The molecule has 0 amide bonds. The Morgan fingerprint density at radius 2 is 2.33 bits per heavy atom. The molecular formula is C9H10ClN3O2. The summed E-state index contributed by atoms with van der Waals surface area (Å²) in [5.41, 5.74) is -0.110. The second kappa shape index (κ2) is 3.34. The van der Waals surface area contributed by atoms with Crippen molar-refractivity contribution in [1.82, 2.24) is 4.98 Å². The molecule has 80 valence electrons. The second-order valence-electron chi connectivity index (χ2n) is 3.96. The number of rotatable bonds is 3. The van der Waals surface area contributed by atoms with E-state index in [9.17, 15) is 10.1 Å². The molecule has 6 heteroatoms. The highest BCUT2D eigenvalue weighted by molar-refractivity contribution is 6.30. The highest BCUT2D eigenvalue weighted by Crippen LogP contribution is 2.39. The van der Waals surface area contributed by atoms with Crippen LogP contribution in [-0.2, 0) is 0 Å². The zero-order valence-electron chi connectivity index (χ0n) is 8.16. The molecule has 0 unspecified atom stereocenters. The molecule has 1 aliphatic rings. The largest absolute Gasteiger partial charge is 0.359 e. The first-order valence-electron chi connectivity index (χ1n) is 4.58. The van der Waals surface area contributed by atoms with Gasteiger partial charge in [-0.3, -0.25) is 10.1 Å². The summed E-state index contributed by atoms with van der Waals surface area (Å²) in [5, 5.41) is 14.1. The van der Waals surface area contributed by atoms with E-state index in [1.807, 2.05) is 6.92 Å². The van der Waals surface area contributed by atoms with E-state index in [1.165, 1.54) is 12.3 Å². The Morgan fingerprint density at radius 3 is 2.87 bits per heavy atom. The summed E-state index contributed by atoms with van der Waals surface area (Å²) < 4.78 is 0. The molecule has 15 heavy (non-hydrogen) atoms. The summed E-state index contributed by atoms with van der Waals surface area (Å²) in [4.78, 5) is 14.2. The lowest BCUT2D eigenvalue weighted by Gasteiger charge is -2.11. The molecule has 0 radical (unpaired) electrons. The van der Waals surface area contributed by atoms with Gasteiger partial charge in [0, 0.05) is 17.8 Å². The normalized spacial score (nSPS) is 17.2. The third-order valence-electron chi connectivity index (χ3n) is 2.45. The van der Waals surface area contributed by atoms with Crippen LogP contribution in [0.3, 0.4) is 0 Å². The van der Waals surface area contributed by atoms with Crippen molar-refractivity contribution in [2.24, 2.45) is 0 Å². The van der Waals surface area contributed by atoms with Crippen LogP contribution < -0.4 is 5.32 Å². The van der Waals surface area contributed by atoms with Gasteiger partial charge in [-0.15, -0.1) is 0 Å². The Morgan fingerprint density at radius 1 is 1.67 bits per heavy atom. The van der Waals surface area contributed by atoms with E-state index in [4.69, 9.17) is 11.6 Å². The van der Waals surface area contributed by atoms with Crippen LogP contribution in [0.25, 0.3) is 0 Å². The number of anilines is 1. The minimum absolute atomic E-state index is 0.0361. The average Bonchev–Trinajstić information content (AvgIpc) is 2.87. The molecule has 2 rings (SSSR count). The molecule has 0 bridgehead atoms. The first-order chi connectivity index (χ1) is 7.00. The third-order valence-corrected chi connectivity index (χ3v) is 2.66. The van der Waals surface area contributed by atoms with Crippen molar-refractivity contribution in [3.05, 3.63) is 27.4 Å². The van der Waals surface area contributed by atoms with Crippen LogP contribution in [0.15, 0.2) is 12.3 Å². The zero-order valence-corrected chi connectivity index (χ0v) is 8.91. The van der Waals surface area contributed by atoms with E-state index in [-0.39, 0.29) is 16.2 Å². The van der Waals surface area contributed by atoms with Crippen LogP contribution in [0.1, 0.15) is 19.8 Å². The van der Waals surface area contributed by atoms with Gasteiger partial charge < -0.3 is 5.32 Å². The molecular weight excluding hydrogens is 218 g/mol. The van der Waals surface area contributed by atoms with Crippen molar-refractivity contribution in [1.29, 1.82) is 0 Å². The lowest BCUT2D eigenvalue weighted by Crippen LogP contribution is -2.17. The minimum Gasteiger partial charge on any atom is -0.359 e. The Labute approximate surface area is 91.6 Å². The number of pyridine rings is 1. The van der Waals surface area contributed by atoms with Gasteiger partial charge in [-0.05, 0) is 19.8 Å². The molecule has 0 aromatic carbocycles. The predicted molar refractivity (Wildman–Crippen MR) is 57.2 cm³/mol. The highest BCUT2D eigenvalue weighted by atomic mass is 35.5. The smallest absolute Gasteiger partial charge is 0.312 e. The number of nitrogens with one attached hydrogen (secondary N) is 1. The van der Waals surface area contributed by atoms with Crippen LogP contribution in [0, 0.1) is 10.1 Å². The fraction of sp³-hybridized carbons (Fsp3) is 0.444. The van der Waals surface area contributed by atoms with Gasteiger partial charge in [-0.2, -0.15) is 0 Å². The molecule has 1 aliphatic carbocycles. The van der Waals surface area contributed by atoms with E-state index >= 15 is 0 Å². The Balaban J connectivity index is 2.32. The van der Waals surface area contributed by atoms with Gasteiger partial charge in [0.15, 0.2) is 0 Å². The number of aromatic nitrogens is 1. The van der Waals surface area contributed by atoms with Crippen molar-refractivity contribution in [3.8, 4) is 0 Å². The summed E-state index contributed by atoms with van der Waals surface area (Å²) >= 11 is 5.65. The van der Waals surface area contributed by atoms with Crippen molar-refractivity contribution >= 4 is 23.1 Å². The van der Waals surface area contributed by atoms with Gasteiger partial charge in [-0.25, -0.2) is 4.98 Å². The molecule has 0 atom stereocenters. The maximum absolute atomic E-state index is 10.7. The van der Waals surface area contributed by atoms with Gasteiger partial charge >= 0.3 is 5.69 Å². The maximum atomic E-state index is 10.7. The number of halogens is 1. The standard InChI is InChI=1S/C9H10ClN3O2/c1-9(2-3-9)12-8-7(13(14)15)4-6(10)5-11-8/h4-5H,2-3H2,1H3,(H,11,12). The van der Waals surface area contributed by atoms with Crippen LogP contribution >= 0.6 is 11.6 Å². The summed E-state index contributed by atoms with van der Waals surface area (Å²) in [6.45, 7) is 2.01. The number of hydrogen-bond donors (Lipinski definition) is 1. The van der Waals surface area contributed by atoms with Crippen LogP contribution in [0.2, 0.25) is 5.02 Å². The van der Waals surface area contributed by atoms with Crippen LogP contribution in [0.5, 0.6) is 0 Å². The van der Waals surface area contributed by atoms with E-state index in [2.05, 4.69) is 10.3 Å². The zero-order chi connectivity index (χ0) is 11.1. The van der Waals surface area contributed by atoms with Crippen molar-refractivity contribution in [2.75, 3.05) is 5.32 Å². The first-order valence-corrected chi connectivity index (χ1v) is 4.96. The van der Waals surface area contributed by atoms with E-state index in [1.54, 1.807) is 0 Å². The predicted octanol–water partition coefficient (Wildman–Crippen LogP) is 2.61. The van der Waals surface area contributed by atoms with Crippen LogP contribution in [0.4, 0.5) is 11.5 Å². The molecule has 1 saturated carbocycles. The highest BCUT2D eigenvalue weighted by Gasteiger charge is 2.39. The molecule has 1 fully saturated rings. The third kappa shape index (κ3) is 2.18. The van der Waals surface area contributed by atoms with Gasteiger partial charge in [0.2, 0.25) is 5.82 Å². The number of nitro groups is 1. The van der Waals surface area contributed by atoms with Crippen molar-refractivity contribution in [3.63, 3.8) is 0 Å². The topological polar surface area (TPSA) is 68.1 Å². The van der Waals surface area contributed by atoms with E-state index < -0.39 is 4.92 Å². The fourth-order valence-electron chi connectivity index (χ4n) is 1.26. The fourth-order valence-corrected chi connectivity index (χ4v) is 1.41. The van der Waals surface area contributed by atoms with Gasteiger partial charge in [0.25, 0.3) is 0 Å².